The molecule has 0 saturated heterocycles. The van der Waals surface area contributed by atoms with Gasteiger partial charge in [-0.3, -0.25) is 0 Å². The van der Waals surface area contributed by atoms with Crippen molar-refractivity contribution in [2.45, 2.75) is 66.5 Å². The minimum atomic E-state index is -0.474. The van der Waals surface area contributed by atoms with Gasteiger partial charge in [-0.15, -0.1) is 0 Å². The number of ether oxygens (including phenoxy) is 2. The van der Waals surface area contributed by atoms with Crippen molar-refractivity contribution in [3.63, 3.8) is 0 Å². The minimum Gasteiger partial charge on any atom is -0.444 e. The molecule has 132 valence electrons. The van der Waals surface area contributed by atoms with Crippen molar-refractivity contribution in [2.75, 3.05) is 32.8 Å². The highest BCUT2D eigenvalue weighted by molar-refractivity contribution is 5.69. The molecule has 22 heavy (non-hydrogen) atoms. The Kier molecular flexibility index (Phi) is 9.01. The molecule has 0 unspecified atom stereocenters. The molecule has 0 fully saturated rings. The van der Waals surface area contributed by atoms with Crippen LogP contribution in [0, 0.1) is 5.92 Å². The summed E-state index contributed by atoms with van der Waals surface area (Å²) >= 11 is 0. The molecule has 0 aliphatic rings. The highest BCUT2D eigenvalue weighted by Crippen LogP contribution is 2.17. The predicted octanol–water partition coefficient (Wildman–Crippen LogP) is 3.28. The van der Waals surface area contributed by atoms with Gasteiger partial charge in [-0.2, -0.15) is 0 Å². The molecule has 1 N–H and O–H groups in total. The molecule has 0 spiro atoms. The molecule has 0 radical (unpaired) electrons. The van der Waals surface area contributed by atoms with Crippen molar-refractivity contribution in [1.29, 1.82) is 0 Å². The molecule has 5 nitrogen and oxygen atoms in total. The molecule has 0 aromatic carbocycles. The van der Waals surface area contributed by atoms with E-state index in [-0.39, 0.29) is 11.6 Å². The van der Waals surface area contributed by atoms with E-state index < -0.39 is 5.60 Å². The Hall–Kier alpha value is -0.810. The van der Waals surface area contributed by atoms with E-state index >= 15 is 0 Å². The molecule has 0 aliphatic heterocycles. The predicted molar refractivity (Wildman–Crippen MR) is 91.2 cm³/mol. The normalized spacial score (nSPS) is 12.6. The van der Waals surface area contributed by atoms with E-state index in [0.29, 0.717) is 19.1 Å². The summed E-state index contributed by atoms with van der Waals surface area (Å²) in [5.74, 6) is 0.559. The van der Waals surface area contributed by atoms with Crippen LogP contribution in [-0.2, 0) is 9.47 Å². The zero-order valence-electron chi connectivity index (χ0n) is 15.8. The second kappa shape index (κ2) is 9.36. The summed E-state index contributed by atoms with van der Waals surface area (Å²) in [7, 11) is 0. The molecule has 0 saturated carbocycles. The second-order valence-corrected chi connectivity index (χ2v) is 8.02. The number of carbonyl (C=O) groups is 1. The summed E-state index contributed by atoms with van der Waals surface area (Å²) in [6, 6.07) is 0. The van der Waals surface area contributed by atoms with E-state index in [4.69, 9.17) is 9.47 Å². The first-order chi connectivity index (χ1) is 9.93. The van der Waals surface area contributed by atoms with Gasteiger partial charge in [-0.1, -0.05) is 13.8 Å². The van der Waals surface area contributed by atoms with Crippen LogP contribution in [0.4, 0.5) is 4.79 Å². The molecular formula is C17H36N2O3. The highest BCUT2D eigenvalue weighted by atomic mass is 16.6. The number of amides is 1. The number of carbonyl (C=O) groups excluding carboxylic acids is 1. The zero-order valence-corrected chi connectivity index (χ0v) is 15.8. The summed E-state index contributed by atoms with van der Waals surface area (Å²) in [6.07, 6.45) is -0.266. The van der Waals surface area contributed by atoms with Crippen LogP contribution in [0.2, 0.25) is 0 Å². The van der Waals surface area contributed by atoms with Crippen LogP contribution in [0.3, 0.4) is 0 Å². The summed E-state index contributed by atoms with van der Waals surface area (Å²) < 4.78 is 11.0. The molecule has 0 bridgehead atoms. The van der Waals surface area contributed by atoms with Crippen LogP contribution >= 0.6 is 0 Å². The number of nitrogens with one attached hydrogen (secondary N) is 1. The molecule has 0 aromatic rings. The first-order valence-electron chi connectivity index (χ1n) is 8.22. The average Bonchev–Trinajstić information content (AvgIpc) is 2.27. The molecule has 5 heteroatoms. The van der Waals surface area contributed by atoms with Gasteiger partial charge in [-0.25, -0.2) is 4.79 Å². The summed E-state index contributed by atoms with van der Waals surface area (Å²) in [6.45, 7) is 19.6. The van der Waals surface area contributed by atoms with Crippen molar-refractivity contribution < 1.29 is 14.3 Å². The Labute approximate surface area is 136 Å². The van der Waals surface area contributed by atoms with Crippen molar-refractivity contribution >= 4 is 6.09 Å². The number of rotatable bonds is 8. The Balaban J connectivity index is 4.15. The van der Waals surface area contributed by atoms with Crippen molar-refractivity contribution in [3.05, 3.63) is 0 Å². The largest absolute Gasteiger partial charge is 0.444 e. The van der Waals surface area contributed by atoms with Gasteiger partial charge in [0, 0.05) is 31.8 Å². The van der Waals surface area contributed by atoms with E-state index in [9.17, 15) is 4.79 Å². The second-order valence-electron chi connectivity index (χ2n) is 8.02. The van der Waals surface area contributed by atoms with Gasteiger partial charge in [-0.05, 0) is 47.5 Å². The fourth-order valence-electron chi connectivity index (χ4n) is 1.80. The smallest absolute Gasteiger partial charge is 0.410 e. The quantitative estimate of drug-likeness (QED) is 0.698. The van der Waals surface area contributed by atoms with Gasteiger partial charge in [0.2, 0.25) is 0 Å². The standard InChI is InChI=1S/C17H36N2O3/c1-14(2)13-21-12-10-18-9-11-19(16(3,4)5)15(20)22-17(6,7)8/h14,18H,9-13H2,1-8H3. The number of nitrogens with zero attached hydrogens (tertiary/aromatic N) is 1. The third-order valence-corrected chi connectivity index (χ3v) is 2.81. The first-order valence-corrected chi connectivity index (χ1v) is 8.22. The van der Waals surface area contributed by atoms with E-state index in [1.54, 1.807) is 4.90 Å². The van der Waals surface area contributed by atoms with Crippen LogP contribution in [-0.4, -0.2) is 55.0 Å². The molecular weight excluding hydrogens is 280 g/mol. The SMILES string of the molecule is CC(C)COCCNCCN(C(=O)OC(C)(C)C)C(C)(C)C. The van der Waals surface area contributed by atoms with Gasteiger partial charge >= 0.3 is 6.09 Å². The van der Waals surface area contributed by atoms with Crippen molar-refractivity contribution in [2.24, 2.45) is 5.92 Å². The van der Waals surface area contributed by atoms with E-state index in [2.05, 4.69) is 19.2 Å². The Morgan fingerprint density at radius 1 is 1.09 bits per heavy atom. The molecule has 0 atom stereocenters. The third-order valence-electron chi connectivity index (χ3n) is 2.81. The number of hydrogen-bond donors (Lipinski definition) is 1. The lowest BCUT2D eigenvalue weighted by Crippen LogP contribution is -2.50. The van der Waals surface area contributed by atoms with Gasteiger partial charge in [0.1, 0.15) is 5.60 Å². The van der Waals surface area contributed by atoms with E-state index in [1.165, 1.54) is 0 Å². The summed E-state index contributed by atoms with van der Waals surface area (Å²) in [4.78, 5) is 14.1. The lowest BCUT2D eigenvalue weighted by molar-refractivity contribution is 0.00652. The molecule has 1 amide bonds. The van der Waals surface area contributed by atoms with Crippen LogP contribution in [0.5, 0.6) is 0 Å². The van der Waals surface area contributed by atoms with Gasteiger partial charge < -0.3 is 19.7 Å². The third kappa shape index (κ3) is 10.9. The first kappa shape index (κ1) is 21.2. The maximum absolute atomic E-state index is 12.3. The lowest BCUT2D eigenvalue weighted by Gasteiger charge is -2.36. The fraction of sp³-hybridized carbons (Fsp3) is 0.941. The highest BCUT2D eigenvalue weighted by Gasteiger charge is 2.30. The molecule has 0 heterocycles. The zero-order chi connectivity index (χ0) is 17.4. The average molecular weight is 316 g/mol. The van der Waals surface area contributed by atoms with Gasteiger partial charge in [0.05, 0.1) is 6.61 Å². The lowest BCUT2D eigenvalue weighted by atomic mass is 10.1. The summed E-state index contributed by atoms with van der Waals surface area (Å²) in [5, 5.41) is 3.30. The van der Waals surface area contributed by atoms with Crippen LogP contribution < -0.4 is 5.32 Å². The maximum atomic E-state index is 12.3. The number of hydrogen-bond acceptors (Lipinski definition) is 4. The van der Waals surface area contributed by atoms with Crippen LogP contribution in [0.15, 0.2) is 0 Å². The van der Waals surface area contributed by atoms with Crippen molar-refractivity contribution in [1.82, 2.24) is 10.2 Å². The topological polar surface area (TPSA) is 50.8 Å². The van der Waals surface area contributed by atoms with Gasteiger partial charge in [0.25, 0.3) is 0 Å². The molecule has 0 aromatic heterocycles. The molecule has 0 aliphatic carbocycles. The van der Waals surface area contributed by atoms with Crippen LogP contribution in [0.1, 0.15) is 55.4 Å². The van der Waals surface area contributed by atoms with Crippen LogP contribution in [0.25, 0.3) is 0 Å². The minimum absolute atomic E-state index is 0.266. The van der Waals surface area contributed by atoms with Crippen molar-refractivity contribution in [3.8, 4) is 0 Å². The van der Waals surface area contributed by atoms with Gasteiger partial charge in [0.15, 0.2) is 0 Å². The van der Waals surface area contributed by atoms with E-state index in [1.807, 2.05) is 41.5 Å². The molecule has 0 rings (SSSR count). The Bertz CT molecular complexity index is 317. The Morgan fingerprint density at radius 2 is 1.68 bits per heavy atom. The monoisotopic (exact) mass is 316 g/mol. The Morgan fingerprint density at radius 3 is 2.14 bits per heavy atom. The summed E-state index contributed by atoms with van der Waals surface area (Å²) in [5.41, 5.74) is -0.739. The maximum Gasteiger partial charge on any atom is 0.410 e. The fourth-order valence-corrected chi connectivity index (χ4v) is 1.80. The van der Waals surface area contributed by atoms with E-state index in [0.717, 1.165) is 19.7 Å².